The zero-order valence-corrected chi connectivity index (χ0v) is 12.5. The van der Waals surface area contributed by atoms with Gasteiger partial charge in [0.15, 0.2) is 0 Å². The largest absolute Gasteiger partial charge is 0.351 e. The van der Waals surface area contributed by atoms with Crippen LogP contribution in [0, 0.1) is 0 Å². The quantitative estimate of drug-likeness (QED) is 0.897. The molecule has 0 aliphatic heterocycles. The third-order valence-corrected chi connectivity index (χ3v) is 4.64. The molecule has 1 atom stereocenters. The van der Waals surface area contributed by atoms with Gasteiger partial charge in [0.25, 0.3) is 5.91 Å². The summed E-state index contributed by atoms with van der Waals surface area (Å²) in [6, 6.07) is 4.97. The first-order chi connectivity index (χ1) is 8.04. The van der Waals surface area contributed by atoms with Crippen molar-refractivity contribution in [1.82, 2.24) is 5.32 Å². The minimum absolute atomic E-state index is 0.185. The smallest absolute Gasteiger partial charge is 0.251 e. The number of carbonyl (C=O) groups is 1. The molecule has 0 aliphatic carbocycles. The van der Waals surface area contributed by atoms with Gasteiger partial charge in [-0.05, 0) is 34.1 Å². The monoisotopic (exact) mass is 337 g/mol. The Balaban J connectivity index is 2.52. The summed E-state index contributed by atoms with van der Waals surface area (Å²) in [5, 5.41) is 3.28. The van der Waals surface area contributed by atoms with Crippen LogP contribution in [0.4, 0.5) is 0 Å². The van der Waals surface area contributed by atoms with Crippen LogP contribution in [0.3, 0.4) is 0 Å². The highest BCUT2D eigenvalue weighted by Crippen LogP contribution is 2.23. The third-order valence-electron chi connectivity index (χ3n) is 2.12. The Kier molecular flexibility index (Phi) is 6.16. The first kappa shape index (κ1) is 14.7. The van der Waals surface area contributed by atoms with Crippen molar-refractivity contribution in [2.45, 2.75) is 6.92 Å². The molecule has 0 aromatic heterocycles. The Morgan fingerprint density at radius 3 is 2.82 bits per heavy atom. The number of nitrogens with one attached hydrogen (secondary N) is 1. The summed E-state index contributed by atoms with van der Waals surface area (Å²) in [5.74, 6) is 0.912. The van der Waals surface area contributed by atoms with Crippen LogP contribution in [0.2, 0.25) is 5.02 Å². The van der Waals surface area contributed by atoms with Crippen LogP contribution >= 0.6 is 27.5 Å². The molecule has 1 N–H and O–H groups in total. The molecule has 1 aromatic carbocycles. The summed E-state index contributed by atoms with van der Waals surface area (Å²) in [4.78, 5) is 11.7. The van der Waals surface area contributed by atoms with Crippen LogP contribution in [0.5, 0.6) is 0 Å². The van der Waals surface area contributed by atoms with Crippen molar-refractivity contribution in [1.29, 1.82) is 0 Å². The average Bonchev–Trinajstić information content (AvgIpc) is 2.32. The van der Waals surface area contributed by atoms with E-state index in [1.165, 1.54) is 0 Å². The van der Waals surface area contributed by atoms with E-state index in [-0.39, 0.29) is 5.91 Å². The van der Waals surface area contributed by atoms with Crippen LogP contribution in [-0.2, 0) is 10.8 Å². The van der Waals surface area contributed by atoms with Crippen LogP contribution < -0.4 is 5.32 Å². The minimum Gasteiger partial charge on any atom is -0.351 e. The predicted octanol–water partition coefficient (Wildman–Crippen LogP) is 2.60. The molecule has 0 spiro atoms. The van der Waals surface area contributed by atoms with E-state index in [1.807, 2.05) is 6.92 Å². The predicted molar refractivity (Wildman–Crippen MR) is 75.0 cm³/mol. The van der Waals surface area contributed by atoms with E-state index in [2.05, 4.69) is 21.2 Å². The van der Waals surface area contributed by atoms with Gasteiger partial charge in [0.05, 0.1) is 5.02 Å². The zero-order chi connectivity index (χ0) is 12.8. The summed E-state index contributed by atoms with van der Waals surface area (Å²) in [6.45, 7) is 2.27. The van der Waals surface area contributed by atoms with Crippen molar-refractivity contribution in [2.24, 2.45) is 0 Å². The van der Waals surface area contributed by atoms with Crippen molar-refractivity contribution in [3.05, 3.63) is 33.3 Å². The van der Waals surface area contributed by atoms with E-state index < -0.39 is 10.8 Å². The lowest BCUT2D eigenvalue weighted by Gasteiger charge is -2.05. The highest BCUT2D eigenvalue weighted by Gasteiger charge is 2.07. The Labute approximate surface area is 117 Å². The van der Waals surface area contributed by atoms with Gasteiger partial charge in [-0.25, -0.2) is 0 Å². The zero-order valence-electron chi connectivity index (χ0n) is 9.33. The molecule has 0 saturated carbocycles. The molecular weight excluding hydrogens is 326 g/mol. The lowest BCUT2D eigenvalue weighted by atomic mass is 10.2. The first-order valence-electron chi connectivity index (χ1n) is 5.12. The lowest BCUT2D eigenvalue weighted by Crippen LogP contribution is -2.27. The highest BCUT2D eigenvalue weighted by atomic mass is 79.9. The van der Waals surface area contributed by atoms with Crippen molar-refractivity contribution < 1.29 is 9.00 Å². The minimum atomic E-state index is -0.853. The molecule has 0 heterocycles. The van der Waals surface area contributed by atoms with E-state index in [4.69, 9.17) is 11.6 Å². The van der Waals surface area contributed by atoms with Gasteiger partial charge in [-0.1, -0.05) is 18.5 Å². The van der Waals surface area contributed by atoms with Crippen LogP contribution in [-0.4, -0.2) is 28.2 Å². The van der Waals surface area contributed by atoms with Gasteiger partial charge in [0.2, 0.25) is 0 Å². The molecule has 1 amide bonds. The van der Waals surface area contributed by atoms with Crippen molar-refractivity contribution in [3.8, 4) is 0 Å². The van der Waals surface area contributed by atoms with Crippen LogP contribution in [0.1, 0.15) is 17.3 Å². The maximum absolute atomic E-state index is 11.7. The Morgan fingerprint density at radius 2 is 2.24 bits per heavy atom. The van der Waals surface area contributed by atoms with Gasteiger partial charge < -0.3 is 5.32 Å². The Hall–Kier alpha value is -0.390. The molecule has 94 valence electrons. The van der Waals surface area contributed by atoms with Gasteiger partial charge in [0.1, 0.15) is 0 Å². The molecule has 1 aromatic rings. The Morgan fingerprint density at radius 1 is 1.53 bits per heavy atom. The standard InChI is InChI=1S/C11H13BrClNO2S/c1-2-17(16)6-5-14-11(15)8-3-4-10(13)9(12)7-8/h3-4,7H,2,5-6H2,1H3,(H,14,15). The number of carbonyl (C=O) groups excluding carboxylic acids is 1. The molecule has 0 saturated heterocycles. The molecule has 0 bridgehead atoms. The van der Waals surface area contributed by atoms with E-state index in [1.54, 1.807) is 18.2 Å². The number of amides is 1. The molecule has 1 unspecified atom stereocenters. The molecule has 0 aliphatic rings. The maximum Gasteiger partial charge on any atom is 0.251 e. The van der Waals surface area contributed by atoms with Gasteiger partial charge >= 0.3 is 0 Å². The molecule has 17 heavy (non-hydrogen) atoms. The van der Waals surface area contributed by atoms with Crippen LogP contribution in [0.15, 0.2) is 22.7 Å². The number of hydrogen-bond donors (Lipinski definition) is 1. The number of benzene rings is 1. The summed E-state index contributed by atoms with van der Waals surface area (Å²) < 4.78 is 11.8. The van der Waals surface area contributed by atoms with Gasteiger partial charge in [-0.2, -0.15) is 0 Å². The highest BCUT2D eigenvalue weighted by molar-refractivity contribution is 9.10. The molecule has 6 heteroatoms. The maximum atomic E-state index is 11.7. The second-order valence-corrected chi connectivity index (χ2v) is 6.44. The fraction of sp³-hybridized carbons (Fsp3) is 0.364. The van der Waals surface area contributed by atoms with Crippen LogP contribution in [0.25, 0.3) is 0 Å². The van der Waals surface area contributed by atoms with E-state index in [0.29, 0.717) is 33.1 Å². The fourth-order valence-corrected chi connectivity index (χ4v) is 2.28. The lowest BCUT2D eigenvalue weighted by molar-refractivity contribution is 0.0956. The second-order valence-electron chi connectivity index (χ2n) is 3.32. The summed E-state index contributed by atoms with van der Waals surface area (Å²) in [6.07, 6.45) is 0. The summed E-state index contributed by atoms with van der Waals surface area (Å²) in [7, 11) is -0.853. The number of halogens is 2. The van der Waals surface area contributed by atoms with E-state index in [0.717, 1.165) is 0 Å². The SMILES string of the molecule is CCS(=O)CCNC(=O)c1ccc(Cl)c(Br)c1. The average molecular weight is 339 g/mol. The topological polar surface area (TPSA) is 46.2 Å². The second kappa shape index (κ2) is 7.13. The van der Waals surface area contributed by atoms with E-state index >= 15 is 0 Å². The third kappa shape index (κ3) is 4.77. The van der Waals surface area contributed by atoms with Crippen molar-refractivity contribution >= 4 is 44.2 Å². The van der Waals surface area contributed by atoms with E-state index in [9.17, 15) is 9.00 Å². The van der Waals surface area contributed by atoms with Gasteiger partial charge in [0, 0.05) is 38.9 Å². The summed E-state index contributed by atoms with van der Waals surface area (Å²) >= 11 is 9.09. The van der Waals surface area contributed by atoms with Gasteiger partial charge in [-0.15, -0.1) is 0 Å². The summed E-state index contributed by atoms with van der Waals surface area (Å²) in [5.41, 5.74) is 0.531. The molecule has 1 rings (SSSR count). The number of rotatable bonds is 5. The molecule has 3 nitrogen and oxygen atoms in total. The van der Waals surface area contributed by atoms with Crippen molar-refractivity contribution in [3.63, 3.8) is 0 Å². The molecular formula is C11H13BrClNO2S. The van der Waals surface area contributed by atoms with Gasteiger partial charge in [-0.3, -0.25) is 9.00 Å². The fourth-order valence-electron chi connectivity index (χ4n) is 1.16. The molecule has 0 fully saturated rings. The Bertz CT molecular complexity index is 439. The molecule has 0 radical (unpaired) electrons. The van der Waals surface area contributed by atoms with Crippen molar-refractivity contribution in [2.75, 3.05) is 18.1 Å². The first-order valence-corrected chi connectivity index (χ1v) is 7.78. The number of hydrogen-bond acceptors (Lipinski definition) is 2. The normalized spacial score (nSPS) is 12.2.